The summed E-state index contributed by atoms with van der Waals surface area (Å²) in [5, 5.41) is 10.1. The van der Waals surface area contributed by atoms with E-state index < -0.39 is 58.1 Å². The van der Waals surface area contributed by atoms with Gasteiger partial charge in [0.2, 0.25) is 5.60 Å². The van der Waals surface area contributed by atoms with Gasteiger partial charge in [-0.05, 0) is 79.2 Å². The lowest BCUT2D eigenvalue weighted by Crippen LogP contribution is -2.70. The van der Waals surface area contributed by atoms with E-state index >= 15 is 0 Å². The van der Waals surface area contributed by atoms with Crippen LogP contribution in [-0.4, -0.2) is 86.5 Å². The van der Waals surface area contributed by atoms with Crippen LogP contribution in [0.25, 0.3) is 0 Å². The number of aromatic nitrogens is 1. The van der Waals surface area contributed by atoms with Crippen LogP contribution in [0.2, 0.25) is 0 Å². The summed E-state index contributed by atoms with van der Waals surface area (Å²) in [4.78, 5) is 76.4. The Kier molecular flexibility index (Phi) is 11.5. The minimum absolute atomic E-state index is 0.0128. The fourth-order valence-corrected chi connectivity index (χ4v) is 6.19. The zero-order valence-electron chi connectivity index (χ0n) is 29.3. The van der Waals surface area contributed by atoms with E-state index in [1.165, 1.54) is 35.9 Å². The first-order valence-corrected chi connectivity index (χ1v) is 17.4. The number of β-lactam (4-membered cyclic amide) rings is 1. The van der Waals surface area contributed by atoms with Gasteiger partial charge >= 0.3 is 18.0 Å². The number of rotatable bonds is 11. The highest BCUT2D eigenvalue weighted by atomic mass is 32.2. The molecule has 3 heterocycles. The Balaban J connectivity index is 1.49. The molecule has 0 saturated carbocycles. The topological polar surface area (TPSA) is 184 Å². The van der Waals surface area contributed by atoms with Gasteiger partial charge < -0.3 is 29.1 Å². The number of nitrogens with zero attached hydrogens (tertiary/aromatic N) is 3. The highest BCUT2D eigenvalue weighted by molar-refractivity contribution is 8.00. The number of oxime groups is 1. The van der Waals surface area contributed by atoms with Crippen molar-refractivity contribution in [3.63, 3.8) is 0 Å². The molecule has 1 aromatic carbocycles. The standard InChI is InChI=1S/C33H41N5O10S2/c1-31(2,3)46-28(42)33(7,8)48-37-22(20-17-50-29(34-20)36-30(43)47-32(4,5)6)24(39)35-23-25(40)38-21(14-15-49-26(23)38)27(41)45-16-18-10-12-19(44-9)13-11-18/h10-14,17,23,26H,15-16H2,1-9H3,(H,35,39)(H,34,36,43)/b37-22-/t23-,26-/m1/s1. The van der Waals surface area contributed by atoms with Gasteiger partial charge in [-0.3, -0.25) is 19.8 Å². The van der Waals surface area contributed by atoms with Gasteiger partial charge in [0, 0.05) is 11.1 Å². The van der Waals surface area contributed by atoms with E-state index in [0.717, 1.165) is 16.9 Å². The summed E-state index contributed by atoms with van der Waals surface area (Å²) in [6, 6.07) is 5.97. The molecule has 2 N–H and O–H groups in total. The summed E-state index contributed by atoms with van der Waals surface area (Å²) in [5.74, 6) is -1.77. The number of ether oxygens (including phenoxy) is 4. The Morgan fingerprint density at radius 3 is 2.28 bits per heavy atom. The van der Waals surface area contributed by atoms with Crippen LogP contribution in [-0.2, 0) is 44.8 Å². The van der Waals surface area contributed by atoms with Crippen molar-refractivity contribution in [1.29, 1.82) is 0 Å². The number of thioether (sulfide) groups is 1. The first-order chi connectivity index (χ1) is 23.3. The van der Waals surface area contributed by atoms with Crippen molar-refractivity contribution in [3.8, 4) is 5.75 Å². The van der Waals surface area contributed by atoms with Crippen molar-refractivity contribution in [2.24, 2.45) is 5.16 Å². The van der Waals surface area contributed by atoms with Crippen LogP contribution in [0.5, 0.6) is 5.75 Å². The SMILES string of the molecule is COc1ccc(COC(=O)C2=CCS[C@@H]3[C@H](NC(=O)/C(=N\OC(C)(C)C(=O)OC(C)(C)C)c4csc(NC(=O)OC(C)(C)C)n4)C(=O)N23)cc1. The second-order valence-corrected chi connectivity index (χ2v) is 15.6. The normalized spacial score (nSPS) is 17.8. The fraction of sp³-hybridized carbons (Fsp3) is 0.485. The summed E-state index contributed by atoms with van der Waals surface area (Å²) >= 11 is 2.33. The molecule has 50 heavy (non-hydrogen) atoms. The van der Waals surface area contributed by atoms with E-state index in [-0.39, 0.29) is 28.8 Å². The summed E-state index contributed by atoms with van der Waals surface area (Å²) in [6.45, 7) is 13.0. The molecule has 17 heteroatoms. The molecule has 2 aromatic rings. The predicted molar refractivity (Wildman–Crippen MR) is 185 cm³/mol. The molecule has 0 unspecified atom stereocenters. The lowest BCUT2D eigenvalue weighted by Gasteiger charge is -2.48. The minimum atomic E-state index is -1.62. The number of hydrogen-bond donors (Lipinski definition) is 2. The van der Waals surface area contributed by atoms with Crippen molar-refractivity contribution in [3.05, 3.63) is 52.7 Å². The predicted octanol–water partition coefficient (Wildman–Crippen LogP) is 4.37. The molecule has 2 atom stereocenters. The van der Waals surface area contributed by atoms with E-state index in [1.807, 2.05) is 0 Å². The van der Waals surface area contributed by atoms with Crippen LogP contribution < -0.4 is 15.4 Å². The molecule has 0 bridgehead atoms. The maximum atomic E-state index is 13.7. The summed E-state index contributed by atoms with van der Waals surface area (Å²) < 4.78 is 21.3. The van der Waals surface area contributed by atoms with Crippen molar-refractivity contribution < 1.29 is 47.8 Å². The van der Waals surface area contributed by atoms with Crippen LogP contribution in [0.1, 0.15) is 66.6 Å². The average molecular weight is 732 g/mol. The number of anilines is 1. The van der Waals surface area contributed by atoms with Crippen LogP contribution in [0.4, 0.5) is 9.93 Å². The Morgan fingerprint density at radius 1 is 1.00 bits per heavy atom. The van der Waals surface area contributed by atoms with E-state index in [2.05, 4.69) is 20.8 Å². The van der Waals surface area contributed by atoms with E-state index in [1.54, 1.807) is 79.0 Å². The van der Waals surface area contributed by atoms with Crippen LogP contribution in [0.15, 0.2) is 46.6 Å². The number of esters is 2. The molecule has 1 saturated heterocycles. The molecule has 1 fully saturated rings. The van der Waals surface area contributed by atoms with E-state index in [9.17, 15) is 24.0 Å². The molecular weight excluding hydrogens is 691 g/mol. The Labute approximate surface area is 298 Å². The fourth-order valence-electron chi connectivity index (χ4n) is 4.32. The molecule has 15 nitrogen and oxygen atoms in total. The first kappa shape index (κ1) is 38.2. The average Bonchev–Trinajstić information content (AvgIpc) is 3.47. The summed E-state index contributed by atoms with van der Waals surface area (Å²) in [6.07, 6.45) is 0.839. The van der Waals surface area contributed by atoms with Gasteiger partial charge in [-0.2, -0.15) is 0 Å². The molecule has 1 aromatic heterocycles. The minimum Gasteiger partial charge on any atom is -0.497 e. The van der Waals surface area contributed by atoms with Crippen molar-refractivity contribution >= 4 is 63.8 Å². The van der Waals surface area contributed by atoms with Crippen LogP contribution in [0.3, 0.4) is 0 Å². The molecule has 0 radical (unpaired) electrons. The number of carbonyl (C=O) groups is 5. The maximum Gasteiger partial charge on any atom is 0.413 e. The number of thiazole rings is 1. The Hall–Kier alpha value is -4.64. The van der Waals surface area contributed by atoms with Gasteiger partial charge in [0.25, 0.3) is 11.8 Å². The number of amides is 3. The molecule has 3 amide bonds. The third kappa shape index (κ3) is 9.74. The highest BCUT2D eigenvalue weighted by Gasteiger charge is 2.53. The highest BCUT2D eigenvalue weighted by Crippen LogP contribution is 2.38. The number of methoxy groups -OCH3 is 1. The lowest BCUT2D eigenvalue weighted by molar-refractivity contribution is -0.179. The number of benzene rings is 1. The molecule has 2 aliphatic rings. The van der Waals surface area contributed by atoms with Crippen LogP contribution >= 0.6 is 23.1 Å². The van der Waals surface area contributed by atoms with Gasteiger partial charge in [-0.25, -0.2) is 19.4 Å². The largest absolute Gasteiger partial charge is 0.497 e. The number of hydrogen-bond acceptors (Lipinski definition) is 14. The van der Waals surface area contributed by atoms with E-state index in [4.69, 9.17) is 23.8 Å². The molecule has 0 aliphatic carbocycles. The zero-order chi connectivity index (χ0) is 37.0. The Bertz CT molecular complexity index is 1690. The number of fused-ring (bicyclic) bond motifs is 1. The third-order valence-corrected chi connectivity index (χ3v) is 8.64. The maximum absolute atomic E-state index is 13.7. The molecule has 270 valence electrons. The Morgan fingerprint density at radius 2 is 1.66 bits per heavy atom. The van der Waals surface area contributed by atoms with Crippen LogP contribution in [0, 0.1) is 0 Å². The zero-order valence-corrected chi connectivity index (χ0v) is 30.9. The third-order valence-electron chi connectivity index (χ3n) is 6.70. The number of nitrogens with one attached hydrogen (secondary N) is 2. The molecule has 4 rings (SSSR count). The van der Waals surface area contributed by atoms with Gasteiger partial charge in [0.1, 0.15) is 46.4 Å². The summed E-state index contributed by atoms with van der Waals surface area (Å²) in [7, 11) is 1.55. The van der Waals surface area contributed by atoms with Crippen molar-refractivity contribution in [2.75, 3.05) is 18.2 Å². The van der Waals surface area contributed by atoms with Crippen molar-refractivity contribution in [1.82, 2.24) is 15.2 Å². The first-order valence-electron chi connectivity index (χ1n) is 15.5. The van der Waals surface area contributed by atoms with Crippen molar-refractivity contribution in [2.45, 2.75) is 90.2 Å². The second-order valence-electron chi connectivity index (χ2n) is 13.6. The second kappa shape index (κ2) is 15.1. The van der Waals surface area contributed by atoms with E-state index in [0.29, 0.717) is 11.5 Å². The smallest absolute Gasteiger partial charge is 0.413 e. The van der Waals surface area contributed by atoms with Gasteiger partial charge in [-0.1, -0.05) is 17.3 Å². The van der Waals surface area contributed by atoms with Gasteiger partial charge in [-0.15, -0.1) is 23.1 Å². The lowest BCUT2D eigenvalue weighted by atomic mass is 10.0. The molecular formula is C33H41N5O10S2. The number of carbonyl (C=O) groups excluding carboxylic acids is 5. The van der Waals surface area contributed by atoms with Gasteiger partial charge in [0.05, 0.1) is 7.11 Å². The summed E-state index contributed by atoms with van der Waals surface area (Å²) in [5.41, 5.74) is -2.79. The quantitative estimate of drug-likeness (QED) is 0.110. The molecule has 2 aliphatic heterocycles. The molecule has 0 spiro atoms. The van der Waals surface area contributed by atoms with Gasteiger partial charge in [0.15, 0.2) is 10.8 Å². The monoisotopic (exact) mass is 731 g/mol.